The van der Waals surface area contributed by atoms with Crippen molar-refractivity contribution < 1.29 is 9.84 Å². The van der Waals surface area contributed by atoms with Crippen molar-refractivity contribution in [3.8, 4) is 0 Å². The topological polar surface area (TPSA) is 32.7 Å². The molecule has 2 heterocycles. The first-order valence-electron chi connectivity index (χ1n) is 5.16. The standard InChI is InChI=1S/C10H19NO2/c1-10(8-12)3-2-9-6-13-5-4-11(9)7-10/h9,12H,2-8H2,1H3. The second-order valence-electron chi connectivity index (χ2n) is 4.71. The summed E-state index contributed by atoms with van der Waals surface area (Å²) in [5.74, 6) is 0. The van der Waals surface area contributed by atoms with Crippen molar-refractivity contribution in [1.82, 2.24) is 4.90 Å². The molecule has 0 aromatic rings. The summed E-state index contributed by atoms with van der Waals surface area (Å²) in [6.45, 7) is 6.33. The Morgan fingerprint density at radius 3 is 3.23 bits per heavy atom. The number of nitrogens with zero attached hydrogens (tertiary/aromatic N) is 1. The van der Waals surface area contributed by atoms with Gasteiger partial charge in [-0.05, 0) is 12.8 Å². The Labute approximate surface area is 79.7 Å². The quantitative estimate of drug-likeness (QED) is 0.645. The van der Waals surface area contributed by atoms with E-state index in [0.29, 0.717) is 12.6 Å². The van der Waals surface area contributed by atoms with E-state index in [9.17, 15) is 5.11 Å². The summed E-state index contributed by atoms with van der Waals surface area (Å²) in [4.78, 5) is 2.48. The van der Waals surface area contributed by atoms with Crippen LogP contribution in [0.3, 0.4) is 0 Å². The number of fused-ring (bicyclic) bond motifs is 1. The van der Waals surface area contributed by atoms with E-state index in [2.05, 4.69) is 11.8 Å². The van der Waals surface area contributed by atoms with Crippen LogP contribution in [0.4, 0.5) is 0 Å². The van der Waals surface area contributed by atoms with Crippen molar-refractivity contribution in [3.05, 3.63) is 0 Å². The number of aliphatic hydroxyl groups is 1. The fourth-order valence-electron chi connectivity index (χ4n) is 2.38. The first kappa shape index (κ1) is 9.44. The molecule has 13 heavy (non-hydrogen) atoms. The number of aliphatic hydroxyl groups excluding tert-OH is 1. The van der Waals surface area contributed by atoms with Crippen molar-refractivity contribution in [3.63, 3.8) is 0 Å². The molecule has 0 bridgehead atoms. The highest BCUT2D eigenvalue weighted by molar-refractivity contribution is 4.89. The number of piperidine rings is 1. The molecule has 0 saturated carbocycles. The van der Waals surface area contributed by atoms with Crippen LogP contribution in [0.15, 0.2) is 0 Å². The highest BCUT2D eigenvalue weighted by atomic mass is 16.5. The van der Waals surface area contributed by atoms with E-state index in [1.165, 1.54) is 6.42 Å². The molecule has 2 rings (SSSR count). The van der Waals surface area contributed by atoms with Crippen molar-refractivity contribution in [1.29, 1.82) is 0 Å². The summed E-state index contributed by atoms with van der Waals surface area (Å²) >= 11 is 0. The van der Waals surface area contributed by atoms with Crippen LogP contribution < -0.4 is 0 Å². The molecule has 0 aromatic heterocycles. The molecule has 2 fully saturated rings. The van der Waals surface area contributed by atoms with Crippen LogP contribution in [0.5, 0.6) is 0 Å². The van der Waals surface area contributed by atoms with Gasteiger partial charge in [-0.2, -0.15) is 0 Å². The normalized spacial score (nSPS) is 41.5. The molecule has 2 saturated heterocycles. The van der Waals surface area contributed by atoms with Gasteiger partial charge >= 0.3 is 0 Å². The van der Waals surface area contributed by atoms with E-state index in [0.717, 1.165) is 32.7 Å². The average Bonchev–Trinajstić information content (AvgIpc) is 2.18. The lowest BCUT2D eigenvalue weighted by atomic mass is 9.80. The van der Waals surface area contributed by atoms with E-state index in [4.69, 9.17) is 4.74 Å². The summed E-state index contributed by atoms with van der Waals surface area (Å²) in [5.41, 5.74) is 0.133. The van der Waals surface area contributed by atoms with Gasteiger partial charge in [-0.25, -0.2) is 0 Å². The molecule has 0 amide bonds. The molecule has 2 aliphatic rings. The predicted molar refractivity (Wildman–Crippen MR) is 50.6 cm³/mol. The average molecular weight is 185 g/mol. The van der Waals surface area contributed by atoms with Gasteiger partial charge in [0.15, 0.2) is 0 Å². The molecule has 76 valence electrons. The first-order chi connectivity index (χ1) is 6.23. The van der Waals surface area contributed by atoms with Crippen molar-refractivity contribution in [2.24, 2.45) is 5.41 Å². The largest absolute Gasteiger partial charge is 0.396 e. The maximum absolute atomic E-state index is 9.28. The van der Waals surface area contributed by atoms with Gasteiger partial charge in [0, 0.05) is 31.2 Å². The lowest BCUT2D eigenvalue weighted by Gasteiger charge is -2.46. The monoisotopic (exact) mass is 185 g/mol. The third-order valence-electron chi connectivity index (χ3n) is 3.40. The molecular formula is C10H19NO2. The predicted octanol–water partition coefficient (Wildman–Crippen LogP) is 0.480. The van der Waals surface area contributed by atoms with Crippen LogP contribution in [-0.4, -0.2) is 49.0 Å². The Morgan fingerprint density at radius 2 is 2.46 bits per heavy atom. The Hall–Kier alpha value is -0.120. The van der Waals surface area contributed by atoms with Gasteiger partial charge in [0.2, 0.25) is 0 Å². The fraction of sp³-hybridized carbons (Fsp3) is 1.00. The molecule has 0 aliphatic carbocycles. The molecular weight excluding hydrogens is 166 g/mol. The minimum atomic E-state index is 0.133. The summed E-state index contributed by atoms with van der Waals surface area (Å²) in [5, 5.41) is 9.28. The van der Waals surface area contributed by atoms with Crippen molar-refractivity contribution >= 4 is 0 Å². The minimum absolute atomic E-state index is 0.133. The van der Waals surface area contributed by atoms with Crippen LogP contribution in [0.2, 0.25) is 0 Å². The van der Waals surface area contributed by atoms with Crippen molar-refractivity contribution in [2.75, 3.05) is 32.9 Å². The zero-order valence-electron chi connectivity index (χ0n) is 8.33. The first-order valence-corrected chi connectivity index (χ1v) is 5.16. The number of ether oxygens (including phenoxy) is 1. The van der Waals surface area contributed by atoms with Gasteiger partial charge in [0.1, 0.15) is 0 Å². The van der Waals surface area contributed by atoms with E-state index in [-0.39, 0.29) is 5.41 Å². The zero-order chi connectivity index (χ0) is 9.31. The molecule has 3 heteroatoms. The number of rotatable bonds is 1. The maximum Gasteiger partial charge on any atom is 0.0622 e. The van der Waals surface area contributed by atoms with Crippen LogP contribution in [-0.2, 0) is 4.74 Å². The molecule has 3 nitrogen and oxygen atoms in total. The van der Waals surface area contributed by atoms with Gasteiger partial charge in [0.05, 0.1) is 13.2 Å². The maximum atomic E-state index is 9.28. The number of hydrogen-bond donors (Lipinski definition) is 1. The molecule has 2 aliphatic heterocycles. The van der Waals surface area contributed by atoms with E-state index < -0.39 is 0 Å². The molecule has 2 atom stereocenters. The summed E-state index contributed by atoms with van der Waals surface area (Å²) < 4.78 is 5.44. The zero-order valence-corrected chi connectivity index (χ0v) is 8.33. The van der Waals surface area contributed by atoms with E-state index in [1.54, 1.807) is 0 Å². The van der Waals surface area contributed by atoms with Gasteiger partial charge in [-0.3, -0.25) is 4.90 Å². The lowest BCUT2D eigenvalue weighted by Crippen LogP contribution is -2.54. The van der Waals surface area contributed by atoms with Crippen LogP contribution in [0, 0.1) is 5.41 Å². The second kappa shape index (κ2) is 3.56. The van der Waals surface area contributed by atoms with Gasteiger partial charge in [-0.1, -0.05) is 6.92 Å². The molecule has 2 unspecified atom stereocenters. The Balaban J connectivity index is 1.98. The summed E-state index contributed by atoms with van der Waals surface area (Å²) in [6.07, 6.45) is 2.31. The highest BCUT2D eigenvalue weighted by Crippen LogP contribution is 2.32. The number of morpholine rings is 1. The van der Waals surface area contributed by atoms with E-state index in [1.807, 2.05) is 0 Å². The van der Waals surface area contributed by atoms with Crippen LogP contribution in [0.1, 0.15) is 19.8 Å². The molecule has 1 N–H and O–H groups in total. The smallest absolute Gasteiger partial charge is 0.0622 e. The Bertz CT molecular complexity index is 186. The van der Waals surface area contributed by atoms with Gasteiger partial charge < -0.3 is 9.84 Å². The van der Waals surface area contributed by atoms with Gasteiger partial charge in [0.25, 0.3) is 0 Å². The fourth-order valence-corrected chi connectivity index (χ4v) is 2.38. The third-order valence-corrected chi connectivity index (χ3v) is 3.40. The van der Waals surface area contributed by atoms with Crippen LogP contribution in [0.25, 0.3) is 0 Å². The summed E-state index contributed by atoms with van der Waals surface area (Å²) in [6, 6.07) is 0.619. The Morgan fingerprint density at radius 1 is 1.62 bits per heavy atom. The Kier molecular flexibility index (Phi) is 2.58. The SMILES string of the molecule is CC1(CO)CCC2COCCN2C1. The third kappa shape index (κ3) is 1.87. The summed E-state index contributed by atoms with van der Waals surface area (Å²) in [7, 11) is 0. The van der Waals surface area contributed by atoms with E-state index >= 15 is 0 Å². The number of hydrogen-bond acceptors (Lipinski definition) is 3. The molecule has 0 aromatic carbocycles. The molecule has 0 spiro atoms. The lowest BCUT2D eigenvalue weighted by molar-refractivity contribution is -0.0664. The van der Waals surface area contributed by atoms with Gasteiger partial charge in [-0.15, -0.1) is 0 Å². The minimum Gasteiger partial charge on any atom is -0.396 e. The highest BCUT2D eigenvalue weighted by Gasteiger charge is 2.36. The van der Waals surface area contributed by atoms with Crippen molar-refractivity contribution in [2.45, 2.75) is 25.8 Å². The second-order valence-corrected chi connectivity index (χ2v) is 4.71. The van der Waals surface area contributed by atoms with Crippen LogP contribution >= 0.6 is 0 Å². The molecule has 0 radical (unpaired) electrons.